The van der Waals surface area contributed by atoms with E-state index in [9.17, 15) is 9.18 Å². The third-order valence-electron chi connectivity index (χ3n) is 5.10. The number of halogens is 1. The van der Waals surface area contributed by atoms with Crippen molar-refractivity contribution in [3.05, 3.63) is 54.1 Å². The highest BCUT2D eigenvalue weighted by Gasteiger charge is 2.24. The second-order valence-corrected chi connectivity index (χ2v) is 7.27. The Morgan fingerprint density at radius 3 is 3.00 bits per heavy atom. The average Bonchev–Trinajstić information content (AvgIpc) is 2.70. The van der Waals surface area contributed by atoms with Crippen LogP contribution in [0.2, 0.25) is 0 Å². The number of aromatic nitrogens is 1. The summed E-state index contributed by atoms with van der Waals surface area (Å²) < 4.78 is 25.6. The molecule has 5 nitrogen and oxygen atoms in total. The maximum atomic E-state index is 14.4. The Morgan fingerprint density at radius 2 is 2.29 bits per heavy atom. The summed E-state index contributed by atoms with van der Waals surface area (Å²) in [5.74, 6) is 0.460. The highest BCUT2D eigenvalue weighted by molar-refractivity contribution is 5.76. The number of benzene rings is 1. The summed E-state index contributed by atoms with van der Waals surface area (Å²) in [5.41, 5.74) is 0.697. The van der Waals surface area contributed by atoms with Gasteiger partial charge < -0.3 is 14.8 Å². The van der Waals surface area contributed by atoms with Gasteiger partial charge in [-0.15, -0.1) is 0 Å². The number of amides is 1. The predicted octanol–water partition coefficient (Wildman–Crippen LogP) is 4.79. The van der Waals surface area contributed by atoms with Crippen LogP contribution in [0.1, 0.15) is 51.1 Å². The molecular weight excluding hydrogens is 359 g/mol. The van der Waals surface area contributed by atoms with Gasteiger partial charge in [0, 0.05) is 19.2 Å². The van der Waals surface area contributed by atoms with E-state index in [1.807, 2.05) is 6.92 Å². The number of hydrogen-bond donors (Lipinski definition) is 1. The fourth-order valence-corrected chi connectivity index (χ4v) is 3.48. The van der Waals surface area contributed by atoms with Crippen molar-refractivity contribution >= 4 is 5.91 Å². The van der Waals surface area contributed by atoms with Crippen LogP contribution in [0, 0.1) is 11.7 Å². The smallest absolute Gasteiger partial charge is 0.220 e. The number of nitrogens with one attached hydrogen (secondary N) is 1. The molecule has 3 atom stereocenters. The molecule has 28 heavy (non-hydrogen) atoms. The minimum absolute atomic E-state index is 0.00894. The summed E-state index contributed by atoms with van der Waals surface area (Å²) in [4.78, 5) is 16.3. The number of nitrogens with zero attached hydrogens (tertiary/aromatic N) is 1. The van der Waals surface area contributed by atoms with Crippen LogP contribution in [0.5, 0.6) is 11.5 Å². The Labute approximate surface area is 165 Å². The molecule has 1 amide bonds. The zero-order valence-electron chi connectivity index (χ0n) is 16.4. The van der Waals surface area contributed by atoms with E-state index < -0.39 is 5.82 Å². The molecule has 1 aliphatic heterocycles. The lowest BCUT2D eigenvalue weighted by atomic mass is 9.91. The van der Waals surface area contributed by atoms with Crippen LogP contribution in [0.4, 0.5) is 4.39 Å². The van der Waals surface area contributed by atoms with Gasteiger partial charge in [0.2, 0.25) is 5.91 Å². The molecule has 2 aromatic rings. The van der Waals surface area contributed by atoms with Crippen LogP contribution in [0.25, 0.3) is 0 Å². The third-order valence-corrected chi connectivity index (χ3v) is 5.10. The first-order valence-corrected chi connectivity index (χ1v) is 9.83. The van der Waals surface area contributed by atoms with Crippen LogP contribution >= 0.6 is 0 Å². The maximum absolute atomic E-state index is 14.4. The fourth-order valence-electron chi connectivity index (χ4n) is 3.48. The number of carbonyl (C=O) groups is 1. The molecule has 0 bridgehead atoms. The van der Waals surface area contributed by atoms with Gasteiger partial charge in [0.15, 0.2) is 11.6 Å². The lowest BCUT2D eigenvalue weighted by Gasteiger charge is -2.29. The first-order valence-electron chi connectivity index (χ1n) is 9.83. The standard InChI is InChI=1S/C22H27FN2O3/c1-3-18-11-16(8-10-27-18)12-22(26)25-15(2)17-6-7-21(20(23)13-17)28-19-5-4-9-24-14-19/h4-7,9,13-16,18H,3,8,10-12H2,1-2H3,(H,25,26). The summed E-state index contributed by atoms with van der Waals surface area (Å²) in [6.45, 7) is 4.67. The van der Waals surface area contributed by atoms with Gasteiger partial charge in [0.1, 0.15) is 5.75 Å². The SMILES string of the molecule is CCC1CC(CC(=O)NC(C)c2ccc(Oc3cccnc3)c(F)c2)CCO1. The number of rotatable bonds is 7. The fraction of sp³-hybridized carbons (Fsp3) is 0.455. The highest BCUT2D eigenvalue weighted by Crippen LogP contribution is 2.28. The van der Waals surface area contributed by atoms with Gasteiger partial charge in [-0.3, -0.25) is 9.78 Å². The van der Waals surface area contributed by atoms with E-state index in [1.54, 1.807) is 30.5 Å². The molecule has 0 spiro atoms. The quantitative estimate of drug-likeness (QED) is 0.744. The Morgan fingerprint density at radius 1 is 1.43 bits per heavy atom. The molecule has 1 aromatic heterocycles. The van der Waals surface area contributed by atoms with Gasteiger partial charge in [0.25, 0.3) is 0 Å². The van der Waals surface area contributed by atoms with Crippen LogP contribution in [-0.2, 0) is 9.53 Å². The molecule has 1 aromatic carbocycles. The van der Waals surface area contributed by atoms with Crippen molar-refractivity contribution in [2.45, 2.75) is 51.7 Å². The summed E-state index contributed by atoms with van der Waals surface area (Å²) >= 11 is 0. The molecule has 6 heteroatoms. The first kappa shape index (κ1) is 20.3. The predicted molar refractivity (Wildman–Crippen MR) is 105 cm³/mol. The summed E-state index contributed by atoms with van der Waals surface area (Å²) in [7, 11) is 0. The topological polar surface area (TPSA) is 60.5 Å². The molecule has 3 unspecified atom stereocenters. The Balaban J connectivity index is 1.55. The van der Waals surface area contributed by atoms with E-state index in [0.717, 1.165) is 25.9 Å². The van der Waals surface area contributed by atoms with Crippen LogP contribution in [0.15, 0.2) is 42.7 Å². The number of ether oxygens (including phenoxy) is 2. The Hall–Kier alpha value is -2.47. The lowest BCUT2D eigenvalue weighted by Crippen LogP contribution is -2.32. The summed E-state index contributed by atoms with van der Waals surface area (Å²) in [6.07, 6.45) is 6.69. The van der Waals surface area contributed by atoms with E-state index in [0.29, 0.717) is 23.7 Å². The molecule has 1 N–H and O–H groups in total. The Bertz CT molecular complexity index is 785. The number of hydrogen-bond acceptors (Lipinski definition) is 4. The van der Waals surface area contributed by atoms with E-state index in [-0.39, 0.29) is 23.8 Å². The average molecular weight is 386 g/mol. The van der Waals surface area contributed by atoms with Crippen molar-refractivity contribution in [3.8, 4) is 11.5 Å². The zero-order chi connectivity index (χ0) is 19.9. The van der Waals surface area contributed by atoms with Crippen molar-refractivity contribution in [1.82, 2.24) is 10.3 Å². The van der Waals surface area contributed by atoms with E-state index in [4.69, 9.17) is 9.47 Å². The van der Waals surface area contributed by atoms with Crippen molar-refractivity contribution in [2.24, 2.45) is 5.92 Å². The van der Waals surface area contributed by atoms with Gasteiger partial charge in [0.05, 0.1) is 18.3 Å². The molecule has 0 saturated carbocycles. The maximum Gasteiger partial charge on any atom is 0.220 e. The highest BCUT2D eigenvalue weighted by atomic mass is 19.1. The van der Waals surface area contributed by atoms with Crippen LogP contribution < -0.4 is 10.1 Å². The molecule has 1 saturated heterocycles. The molecule has 150 valence electrons. The van der Waals surface area contributed by atoms with Gasteiger partial charge >= 0.3 is 0 Å². The van der Waals surface area contributed by atoms with E-state index >= 15 is 0 Å². The molecule has 1 fully saturated rings. The van der Waals surface area contributed by atoms with Gasteiger partial charge in [-0.05, 0) is 61.9 Å². The number of carbonyl (C=O) groups excluding carboxylic acids is 1. The molecular formula is C22H27FN2O3. The zero-order valence-corrected chi connectivity index (χ0v) is 16.4. The normalized spacial score (nSPS) is 20.4. The largest absolute Gasteiger partial charge is 0.453 e. The van der Waals surface area contributed by atoms with Gasteiger partial charge in [-0.1, -0.05) is 13.0 Å². The van der Waals surface area contributed by atoms with Gasteiger partial charge in [-0.2, -0.15) is 0 Å². The van der Waals surface area contributed by atoms with E-state index in [1.165, 1.54) is 12.3 Å². The van der Waals surface area contributed by atoms with Gasteiger partial charge in [-0.25, -0.2) is 4.39 Å². The van der Waals surface area contributed by atoms with Crippen molar-refractivity contribution in [2.75, 3.05) is 6.61 Å². The van der Waals surface area contributed by atoms with Crippen molar-refractivity contribution in [1.29, 1.82) is 0 Å². The molecule has 2 heterocycles. The van der Waals surface area contributed by atoms with Crippen molar-refractivity contribution < 1.29 is 18.7 Å². The second kappa shape index (κ2) is 9.64. The monoisotopic (exact) mass is 386 g/mol. The summed E-state index contributed by atoms with van der Waals surface area (Å²) in [6, 6.07) is 7.89. The summed E-state index contributed by atoms with van der Waals surface area (Å²) in [5, 5.41) is 2.98. The molecule has 3 rings (SSSR count). The van der Waals surface area contributed by atoms with Crippen LogP contribution in [0.3, 0.4) is 0 Å². The lowest BCUT2D eigenvalue weighted by molar-refractivity contribution is -0.123. The molecule has 0 aliphatic carbocycles. The molecule has 0 radical (unpaired) electrons. The number of pyridine rings is 1. The molecule has 1 aliphatic rings. The van der Waals surface area contributed by atoms with Crippen molar-refractivity contribution in [3.63, 3.8) is 0 Å². The first-order chi connectivity index (χ1) is 13.5. The Kier molecular flexibility index (Phi) is 6.98. The second-order valence-electron chi connectivity index (χ2n) is 7.27. The van der Waals surface area contributed by atoms with E-state index in [2.05, 4.69) is 17.2 Å². The van der Waals surface area contributed by atoms with Crippen LogP contribution in [-0.4, -0.2) is 23.6 Å². The third kappa shape index (κ3) is 5.52. The minimum atomic E-state index is -0.474. The minimum Gasteiger partial charge on any atom is -0.453 e.